The molecule has 1 aliphatic rings. The summed E-state index contributed by atoms with van der Waals surface area (Å²) in [6.45, 7) is 3.48. The zero-order valence-electron chi connectivity index (χ0n) is 19.0. The molecule has 178 valence electrons. The first-order chi connectivity index (χ1) is 17.1. The van der Waals surface area contributed by atoms with Crippen molar-refractivity contribution in [3.8, 4) is 11.1 Å². The van der Waals surface area contributed by atoms with Crippen LogP contribution in [0, 0.1) is 24.0 Å². The van der Waals surface area contributed by atoms with Gasteiger partial charge in [0.1, 0.15) is 0 Å². The molecular weight excluding hydrogens is 528 g/mol. The Labute approximate surface area is 213 Å². The lowest BCUT2D eigenvalue weighted by Gasteiger charge is -2.29. The predicted molar refractivity (Wildman–Crippen MR) is 138 cm³/mol. The average molecular weight is 545 g/mol. The number of anilines is 1. The Morgan fingerprint density at radius 3 is 2.31 bits per heavy atom. The molecule has 0 bridgehead atoms. The standard InChI is InChI=1S/C27H17BrN2O6/c1-13-6-7-15(27(33)34)11-21(13)29-25(31)19-5-3-4-18-23(19)20(26(29)32)12-22(30(35)36)24(18)17-9-8-16(28)10-14(17)2/h3-12H,1-2H3,(H,33,34). The zero-order valence-corrected chi connectivity index (χ0v) is 20.6. The largest absolute Gasteiger partial charge is 0.478 e. The molecule has 5 rings (SSSR count). The molecule has 0 saturated carbocycles. The van der Waals surface area contributed by atoms with E-state index in [1.54, 1.807) is 37.3 Å². The monoisotopic (exact) mass is 544 g/mol. The van der Waals surface area contributed by atoms with E-state index in [1.165, 1.54) is 24.3 Å². The number of halogens is 1. The zero-order chi connectivity index (χ0) is 25.9. The molecule has 36 heavy (non-hydrogen) atoms. The molecule has 0 aliphatic carbocycles. The van der Waals surface area contributed by atoms with Crippen molar-refractivity contribution in [2.45, 2.75) is 13.8 Å². The van der Waals surface area contributed by atoms with Gasteiger partial charge in [-0.2, -0.15) is 0 Å². The Morgan fingerprint density at radius 1 is 0.917 bits per heavy atom. The first kappa shape index (κ1) is 23.4. The van der Waals surface area contributed by atoms with Crippen molar-refractivity contribution in [2.75, 3.05) is 4.90 Å². The van der Waals surface area contributed by atoms with E-state index in [2.05, 4.69) is 15.9 Å². The number of nitro benzene ring substituents is 1. The molecule has 0 saturated heterocycles. The van der Waals surface area contributed by atoms with Crippen LogP contribution in [0.1, 0.15) is 42.2 Å². The number of nitrogens with zero attached hydrogens (tertiary/aromatic N) is 2. The number of carboxylic acids is 1. The summed E-state index contributed by atoms with van der Waals surface area (Å²) in [7, 11) is 0. The molecule has 8 nitrogen and oxygen atoms in total. The molecule has 2 amide bonds. The van der Waals surface area contributed by atoms with Crippen molar-refractivity contribution in [1.82, 2.24) is 0 Å². The highest BCUT2D eigenvalue weighted by Gasteiger charge is 2.38. The molecule has 0 radical (unpaired) electrons. The molecular formula is C27H17BrN2O6. The highest BCUT2D eigenvalue weighted by atomic mass is 79.9. The summed E-state index contributed by atoms with van der Waals surface area (Å²) in [6.07, 6.45) is 0. The summed E-state index contributed by atoms with van der Waals surface area (Å²) in [5.41, 5.74) is 2.19. The fraction of sp³-hybridized carbons (Fsp3) is 0.0741. The second kappa shape index (κ2) is 8.39. The number of nitro groups is 1. The second-order valence-corrected chi connectivity index (χ2v) is 9.43. The van der Waals surface area contributed by atoms with E-state index in [4.69, 9.17) is 0 Å². The van der Waals surface area contributed by atoms with Gasteiger partial charge >= 0.3 is 5.97 Å². The van der Waals surface area contributed by atoms with Crippen molar-refractivity contribution < 1.29 is 24.4 Å². The van der Waals surface area contributed by atoms with Gasteiger partial charge < -0.3 is 5.11 Å². The minimum Gasteiger partial charge on any atom is -0.478 e. The van der Waals surface area contributed by atoms with Crippen LogP contribution in [0.2, 0.25) is 0 Å². The number of hydrogen-bond acceptors (Lipinski definition) is 5. The molecule has 4 aromatic carbocycles. The van der Waals surface area contributed by atoms with Gasteiger partial charge in [0.2, 0.25) is 0 Å². The van der Waals surface area contributed by atoms with Crippen molar-refractivity contribution in [2.24, 2.45) is 0 Å². The van der Waals surface area contributed by atoms with Crippen LogP contribution in [-0.2, 0) is 0 Å². The van der Waals surface area contributed by atoms with Crippen molar-refractivity contribution in [3.63, 3.8) is 0 Å². The molecule has 9 heteroatoms. The average Bonchev–Trinajstić information content (AvgIpc) is 2.83. The van der Waals surface area contributed by atoms with E-state index in [0.717, 1.165) is 14.9 Å². The van der Waals surface area contributed by atoms with Crippen LogP contribution in [0.15, 0.2) is 65.1 Å². The normalized spacial score (nSPS) is 12.8. The minimum atomic E-state index is -1.21. The third-order valence-corrected chi connectivity index (χ3v) is 6.85. The van der Waals surface area contributed by atoms with Crippen LogP contribution in [0.5, 0.6) is 0 Å². The third kappa shape index (κ3) is 3.47. The molecule has 0 aromatic heterocycles. The number of imide groups is 1. The number of benzene rings is 4. The van der Waals surface area contributed by atoms with Crippen molar-refractivity contribution in [3.05, 3.63) is 103 Å². The van der Waals surface area contributed by atoms with Gasteiger partial charge in [-0.25, -0.2) is 9.69 Å². The first-order valence-corrected chi connectivity index (χ1v) is 11.6. The Kier molecular flexibility index (Phi) is 5.44. The molecule has 1 aliphatic heterocycles. The third-order valence-electron chi connectivity index (χ3n) is 6.36. The van der Waals surface area contributed by atoms with Gasteiger partial charge in [-0.1, -0.05) is 40.2 Å². The summed E-state index contributed by atoms with van der Waals surface area (Å²) in [5.74, 6) is -2.59. The summed E-state index contributed by atoms with van der Waals surface area (Å²) >= 11 is 3.41. The molecule has 1 N–H and O–H groups in total. The number of aryl methyl sites for hydroxylation is 2. The van der Waals surface area contributed by atoms with Gasteiger partial charge in [0.15, 0.2) is 0 Å². The van der Waals surface area contributed by atoms with E-state index in [-0.39, 0.29) is 28.1 Å². The highest BCUT2D eigenvalue weighted by Crippen LogP contribution is 2.44. The maximum atomic E-state index is 13.7. The van der Waals surface area contributed by atoms with Crippen LogP contribution >= 0.6 is 15.9 Å². The van der Waals surface area contributed by atoms with Crippen molar-refractivity contribution >= 4 is 55.9 Å². The Morgan fingerprint density at radius 2 is 1.64 bits per heavy atom. The molecule has 0 fully saturated rings. The first-order valence-electron chi connectivity index (χ1n) is 10.8. The van der Waals surface area contributed by atoms with Gasteiger partial charge in [-0.05, 0) is 66.3 Å². The smallest absolute Gasteiger partial charge is 0.335 e. The lowest BCUT2D eigenvalue weighted by molar-refractivity contribution is -0.384. The number of rotatable bonds is 4. The fourth-order valence-electron chi connectivity index (χ4n) is 4.69. The van der Waals surface area contributed by atoms with E-state index in [9.17, 15) is 29.6 Å². The molecule has 1 heterocycles. The maximum Gasteiger partial charge on any atom is 0.335 e. The lowest BCUT2D eigenvalue weighted by Crippen LogP contribution is -2.41. The maximum absolute atomic E-state index is 13.7. The van der Waals surface area contributed by atoms with E-state index in [1.807, 2.05) is 13.0 Å². The molecule has 0 unspecified atom stereocenters. The number of amides is 2. The number of carbonyl (C=O) groups excluding carboxylic acids is 2. The molecule has 0 spiro atoms. The second-order valence-electron chi connectivity index (χ2n) is 8.51. The van der Waals surface area contributed by atoms with E-state index < -0.39 is 22.7 Å². The van der Waals surface area contributed by atoms with Crippen LogP contribution in [0.4, 0.5) is 11.4 Å². The predicted octanol–water partition coefficient (Wildman–Crippen LogP) is 6.29. The highest BCUT2D eigenvalue weighted by molar-refractivity contribution is 9.10. The minimum absolute atomic E-state index is 0.00513. The Bertz CT molecular complexity index is 1680. The van der Waals surface area contributed by atoms with Gasteiger partial charge in [0, 0.05) is 21.5 Å². The SMILES string of the molecule is Cc1cc(Br)ccc1-c1c([N+](=O)[O-])cc2c3c(cccc13)C(=O)N(c1cc(C(=O)O)ccc1C)C2=O. The summed E-state index contributed by atoms with van der Waals surface area (Å²) in [4.78, 5) is 51.5. The number of carbonyl (C=O) groups is 3. The van der Waals surface area contributed by atoms with Crippen LogP contribution in [0.3, 0.4) is 0 Å². The summed E-state index contributed by atoms with van der Waals surface area (Å²) in [5, 5.41) is 22.4. The van der Waals surface area contributed by atoms with Crippen LogP contribution < -0.4 is 4.90 Å². The van der Waals surface area contributed by atoms with E-state index in [0.29, 0.717) is 27.5 Å². The number of hydrogen-bond donors (Lipinski definition) is 1. The van der Waals surface area contributed by atoms with Gasteiger partial charge in [-0.15, -0.1) is 0 Å². The Hall–Kier alpha value is -4.37. The Balaban J connectivity index is 1.83. The number of carboxylic acid groups (broad SMARTS) is 1. The quantitative estimate of drug-likeness (QED) is 0.183. The molecule has 0 atom stereocenters. The molecule has 4 aromatic rings. The van der Waals surface area contributed by atoms with Gasteiger partial charge in [0.05, 0.1) is 27.3 Å². The van der Waals surface area contributed by atoms with Crippen LogP contribution in [-0.4, -0.2) is 27.8 Å². The topological polar surface area (TPSA) is 118 Å². The van der Waals surface area contributed by atoms with Gasteiger partial charge in [-0.3, -0.25) is 19.7 Å². The number of aromatic carboxylic acids is 1. The van der Waals surface area contributed by atoms with Gasteiger partial charge in [0.25, 0.3) is 17.5 Å². The fourth-order valence-corrected chi connectivity index (χ4v) is 5.16. The van der Waals surface area contributed by atoms with Crippen molar-refractivity contribution in [1.29, 1.82) is 0 Å². The lowest BCUT2D eigenvalue weighted by atomic mass is 9.86. The summed E-state index contributed by atoms with van der Waals surface area (Å²) in [6, 6.07) is 15.6. The van der Waals surface area contributed by atoms with Crippen LogP contribution in [0.25, 0.3) is 21.9 Å². The summed E-state index contributed by atoms with van der Waals surface area (Å²) < 4.78 is 0.814. The van der Waals surface area contributed by atoms with E-state index >= 15 is 0 Å².